The van der Waals surface area contributed by atoms with E-state index in [1.807, 2.05) is 0 Å². The van der Waals surface area contributed by atoms with Gasteiger partial charge in [0.2, 0.25) is 5.91 Å². The zero-order valence-electron chi connectivity index (χ0n) is 10.3. The number of hydrogen-bond donors (Lipinski definition) is 2. The third-order valence-electron chi connectivity index (χ3n) is 2.68. The Labute approximate surface area is 129 Å². The van der Waals surface area contributed by atoms with Crippen molar-refractivity contribution in [1.29, 1.82) is 0 Å². The lowest BCUT2D eigenvalue weighted by Crippen LogP contribution is -2.15. The highest BCUT2D eigenvalue weighted by Gasteiger charge is 2.12. The average Bonchev–Trinajstić information content (AvgIpc) is 2.38. The molecule has 3 nitrogen and oxygen atoms in total. The molecule has 104 valence electrons. The fourth-order valence-corrected chi connectivity index (χ4v) is 2.28. The number of benzene rings is 2. The predicted octanol–water partition coefficient (Wildman–Crippen LogP) is 4.01. The van der Waals surface area contributed by atoms with Crippen LogP contribution in [0.15, 0.2) is 40.9 Å². The number of nitrogens with two attached hydrogens (primary N) is 1. The van der Waals surface area contributed by atoms with Gasteiger partial charge in [0.25, 0.3) is 0 Å². The molecule has 20 heavy (non-hydrogen) atoms. The summed E-state index contributed by atoms with van der Waals surface area (Å²) in [5.41, 5.74) is 6.98. The molecule has 0 aliphatic heterocycles. The summed E-state index contributed by atoms with van der Waals surface area (Å²) in [5, 5.41) is 2.90. The quantitative estimate of drug-likeness (QED) is 0.816. The monoisotopic (exact) mass is 356 g/mol. The number of halogens is 3. The molecule has 0 unspecified atom stereocenters. The molecule has 2 rings (SSSR count). The van der Waals surface area contributed by atoms with E-state index in [0.29, 0.717) is 15.8 Å². The first-order valence-corrected chi connectivity index (χ1v) is 6.92. The summed E-state index contributed by atoms with van der Waals surface area (Å²) >= 11 is 9.15. The van der Waals surface area contributed by atoms with Gasteiger partial charge in [-0.15, -0.1) is 0 Å². The van der Waals surface area contributed by atoms with E-state index in [2.05, 4.69) is 21.2 Å². The molecule has 0 aromatic heterocycles. The zero-order chi connectivity index (χ0) is 14.7. The Morgan fingerprint density at radius 3 is 2.75 bits per heavy atom. The van der Waals surface area contributed by atoms with Crippen molar-refractivity contribution in [3.05, 3.63) is 57.3 Å². The van der Waals surface area contributed by atoms with E-state index in [-0.39, 0.29) is 22.9 Å². The molecule has 1 amide bonds. The SMILES string of the molecule is Nc1ccc(NC(=O)Cc2c(F)cccc2Cl)cc1Br. The Morgan fingerprint density at radius 2 is 2.10 bits per heavy atom. The Kier molecular flexibility index (Phi) is 4.62. The van der Waals surface area contributed by atoms with Gasteiger partial charge < -0.3 is 11.1 Å². The molecule has 0 aliphatic carbocycles. The van der Waals surface area contributed by atoms with Gasteiger partial charge in [0, 0.05) is 26.4 Å². The molecule has 0 aliphatic rings. The largest absolute Gasteiger partial charge is 0.398 e. The minimum Gasteiger partial charge on any atom is -0.398 e. The average molecular weight is 358 g/mol. The Balaban J connectivity index is 2.11. The van der Waals surface area contributed by atoms with Gasteiger partial charge in [-0.1, -0.05) is 17.7 Å². The number of carbonyl (C=O) groups is 1. The van der Waals surface area contributed by atoms with Gasteiger partial charge in [-0.25, -0.2) is 4.39 Å². The molecule has 0 fully saturated rings. The van der Waals surface area contributed by atoms with Gasteiger partial charge in [0.1, 0.15) is 5.82 Å². The number of rotatable bonds is 3. The number of anilines is 2. The maximum absolute atomic E-state index is 13.6. The van der Waals surface area contributed by atoms with Crippen LogP contribution in [0.5, 0.6) is 0 Å². The van der Waals surface area contributed by atoms with E-state index in [9.17, 15) is 9.18 Å². The van der Waals surface area contributed by atoms with Crippen molar-refractivity contribution in [2.75, 3.05) is 11.1 Å². The van der Waals surface area contributed by atoms with Crippen LogP contribution < -0.4 is 11.1 Å². The Hall–Kier alpha value is -1.59. The lowest BCUT2D eigenvalue weighted by Gasteiger charge is -2.08. The van der Waals surface area contributed by atoms with E-state index in [4.69, 9.17) is 17.3 Å². The van der Waals surface area contributed by atoms with Crippen molar-refractivity contribution >= 4 is 44.8 Å². The summed E-state index contributed by atoms with van der Waals surface area (Å²) in [5.74, 6) is -0.847. The zero-order valence-corrected chi connectivity index (χ0v) is 12.6. The second-order valence-corrected chi connectivity index (χ2v) is 5.42. The molecule has 0 atom stereocenters. The smallest absolute Gasteiger partial charge is 0.228 e. The second kappa shape index (κ2) is 6.24. The van der Waals surface area contributed by atoms with Gasteiger partial charge in [0.15, 0.2) is 0 Å². The summed E-state index contributed by atoms with van der Waals surface area (Å²) in [6.45, 7) is 0. The molecule has 6 heteroatoms. The molecule has 0 radical (unpaired) electrons. The van der Waals surface area contributed by atoms with Crippen LogP contribution in [0, 0.1) is 5.82 Å². The van der Waals surface area contributed by atoms with Crippen LogP contribution in [-0.2, 0) is 11.2 Å². The summed E-state index contributed by atoms with van der Waals surface area (Å²) in [7, 11) is 0. The van der Waals surface area contributed by atoms with Gasteiger partial charge in [-0.3, -0.25) is 4.79 Å². The first-order valence-electron chi connectivity index (χ1n) is 5.75. The van der Waals surface area contributed by atoms with Crippen molar-refractivity contribution in [3.63, 3.8) is 0 Å². The molecule has 0 spiro atoms. The minimum absolute atomic E-state index is 0.131. The number of nitrogens with one attached hydrogen (secondary N) is 1. The molecule has 2 aromatic carbocycles. The van der Waals surface area contributed by atoms with Crippen LogP contribution in [0.1, 0.15) is 5.56 Å². The molecule has 2 aromatic rings. The molecule has 0 heterocycles. The third kappa shape index (κ3) is 3.49. The Morgan fingerprint density at radius 1 is 1.35 bits per heavy atom. The number of hydrogen-bond acceptors (Lipinski definition) is 2. The first kappa shape index (κ1) is 14.8. The van der Waals surface area contributed by atoms with E-state index in [0.717, 1.165) is 0 Å². The lowest BCUT2D eigenvalue weighted by molar-refractivity contribution is -0.115. The standard InChI is InChI=1S/C14H11BrClFN2O/c15-10-6-8(4-5-13(10)18)19-14(20)7-9-11(16)2-1-3-12(9)17/h1-6H,7,18H2,(H,19,20). The van der Waals surface area contributed by atoms with Crippen molar-refractivity contribution in [3.8, 4) is 0 Å². The molecule has 0 saturated heterocycles. The van der Waals surface area contributed by atoms with Gasteiger partial charge in [0.05, 0.1) is 6.42 Å². The summed E-state index contributed by atoms with van der Waals surface area (Å²) in [4.78, 5) is 11.9. The Bertz CT molecular complexity index is 643. The number of amides is 1. The van der Waals surface area contributed by atoms with Crippen molar-refractivity contribution in [1.82, 2.24) is 0 Å². The van der Waals surface area contributed by atoms with E-state index in [1.54, 1.807) is 24.3 Å². The van der Waals surface area contributed by atoms with Crippen LogP contribution in [0.3, 0.4) is 0 Å². The van der Waals surface area contributed by atoms with Crippen molar-refractivity contribution in [2.45, 2.75) is 6.42 Å². The van der Waals surface area contributed by atoms with E-state index >= 15 is 0 Å². The summed E-state index contributed by atoms with van der Waals surface area (Å²) in [6.07, 6.45) is -0.131. The topological polar surface area (TPSA) is 55.1 Å². The van der Waals surface area contributed by atoms with Gasteiger partial charge >= 0.3 is 0 Å². The first-order chi connectivity index (χ1) is 9.47. The lowest BCUT2D eigenvalue weighted by atomic mass is 10.1. The highest BCUT2D eigenvalue weighted by molar-refractivity contribution is 9.10. The molecule has 0 saturated carbocycles. The normalized spacial score (nSPS) is 10.3. The number of carbonyl (C=O) groups excluding carboxylic acids is 1. The maximum Gasteiger partial charge on any atom is 0.228 e. The maximum atomic E-state index is 13.6. The molecular weight excluding hydrogens is 347 g/mol. The number of nitrogen functional groups attached to an aromatic ring is 1. The van der Waals surface area contributed by atoms with Crippen LogP contribution >= 0.6 is 27.5 Å². The van der Waals surface area contributed by atoms with Gasteiger partial charge in [-0.05, 0) is 46.3 Å². The fraction of sp³-hybridized carbons (Fsp3) is 0.0714. The fourth-order valence-electron chi connectivity index (χ4n) is 1.67. The molecule has 3 N–H and O–H groups in total. The highest BCUT2D eigenvalue weighted by Crippen LogP contribution is 2.24. The van der Waals surface area contributed by atoms with Crippen molar-refractivity contribution < 1.29 is 9.18 Å². The molecular formula is C14H11BrClFN2O. The van der Waals surface area contributed by atoms with Crippen LogP contribution in [0.4, 0.5) is 15.8 Å². The van der Waals surface area contributed by atoms with Crippen LogP contribution in [0.2, 0.25) is 5.02 Å². The summed E-state index contributed by atoms with van der Waals surface area (Å²) in [6, 6.07) is 9.32. The van der Waals surface area contributed by atoms with Crippen LogP contribution in [0.25, 0.3) is 0 Å². The highest BCUT2D eigenvalue weighted by atomic mass is 79.9. The van der Waals surface area contributed by atoms with E-state index in [1.165, 1.54) is 12.1 Å². The predicted molar refractivity (Wildman–Crippen MR) is 82.3 cm³/mol. The minimum atomic E-state index is -0.494. The van der Waals surface area contributed by atoms with Gasteiger partial charge in [-0.2, -0.15) is 0 Å². The van der Waals surface area contributed by atoms with Crippen LogP contribution in [-0.4, -0.2) is 5.91 Å². The van der Waals surface area contributed by atoms with E-state index < -0.39 is 5.82 Å². The van der Waals surface area contributed by atoms with Crippen molar-refractivity contribution in [2.24, 2.45) is 0 Å². The summed E-state index contributed by atoms with van der Waals surface area (Å²) < 4.78 is 14.3. The second-order valence-electron chi connectivity index (χ2n) is 4.16. The molecule has 0 bridgehead atoms. The third-order valence-corrected chi connectivity index (χ3v) is 3.72.